The van der Waals surface area contributed by atoms with Gasteiger partial charge in [-0.25, -0.2) is 9.18 Å². The van der Waals surface area contributed by atoms with Crippen molar-refractivity contribution in [2.75, 3.05) is 17.2 Å². The smallest absolute Gasteiger partial charge is 0.330 e. The van der Waals surface area contributed by atoms with E-state index in [4.69, 9.17) is 5.73 Å². The molecular formula is C18H23FN4O3. The first-order valence-electron chi connectivity index (χ1n) is 8.60. The third kappa shape index (κ3) is 4.01. The van der Waals surface area contributed by atoms with Crippen LogP contribution in [0.15, 0.2) is 33.9 Å². The van der Waals surface area contributed by atoms with Gasteiger partial charge in [0.05, 0.1) is 0 Å². The van der Waals surface area contributed by atoms with E-state index >= 15 is 0 Å². The van der Waals surface area contributed by atoms with Crippen LogP contribution in [0, 0.1) is 5.82 Å². The van der Waals surface area contributed by atoms with Gasteiger partial charge in [0, 0.05) is 18.7 Å². The number of hydrogen-bond acceptors (Lipinski definition) is 4. The maximum atomic E-state index is 13.1. The Morgan fingerprint density at radius 2 is 1.85 bits per heavy atom. The molecule has 2 aromatic rings. The van der Waals surface area contributed by atoms with Gasteiger partial charge in [-0.15, -0.1) is 0 Å². The minimum Gasteiger partial charge on any atom is -0.383 e. The molecule has 0 saturated heterocycles. The number of nitrogens with one attached hydrogen (secondary N) is 1. The highest BCUT2D eigenvalue weighted by Gasteiger charge is 2.24. The molecule has 0 fully saturated rings. The van der Waals surface area contributed by atoms with Crippen molar-refractivity contribution in [3.63, 3.8) is 0 Å². The molecule has 26 heavy (non-hydrogen) atoms. The normalized spacial score (nSPS) is 10.7. The molecule has 0 unspecified atom stereocenters. The third-order valence-electron chi connectivity index (χ3n) is 4.00. The number of benzene rings is 1. The van der Waals surface area contributed by atoms with Crippen molar-refractivity contribution >= 4 is 17.4 Å². The maximum absolute atomic E-state index is 13.1. The highest BCUT2D eigenvalue weighted by Crippen LogP contribution is 2.20. The lowest BCUT2D eigenvalue weighted by atomic mass is 10.1. The molecule has 3 N–H and O–H groups in total. The molecule has 0 bridgehead atoms. The summed E-state index contributed by atoms with van der Waals surface area (Å²) >= 11 is 0. The number of hydrogen-bond donors (Lipinski definition) is 2. The predicted molar refractivity (Wildman–Crippen MR) is 99.0 cm³/mol. The summed E-state index contributed by atoms with van der Waals surface area (Å²) in [4.78, 5) is 40.8. The summed E-state index contributed by atoms with van der Waals surface area (Å²) in [5.74, 6) is -0.991. The van der Waals surface area contributed by atoms with Crippen LogP contribution in [0.5, 0.6) is 0 Å². The number of carbonyl (C=O) groups is 1. The van der Waals surface area contributed by atoms with E-state index in [-0.39, 0.29) is 23.6 Å². The predicted octanol–water partition coefficient (Wildman–Crippen LogP) is 2.11. The van der Waals surface area contributed by atoms with Gasteiger partial charge in [-0.1, -0.05) is 20.3 Å². The van der Waals surface area contributed by atoms with Crippen molar-refractivity contribution in [1.29, 1.82) is 0 Å². The van der Waals surface area contributed by atoms with Gasteiger partial charge in [0.15, 0.2) is 5.69 Å². The summed E-state index contributed by atoms with van der Waals surface area (Å²) < 4.78 is 14.4. The van der Waals surface area contributed by atoms with Gasteiger partial charge in [-0.05, 0) is 37.1 Å². The molecule has 1 heterocycles. The molecule has 140 valence electrons. The fraction of sp³-hybridized carbons (Fsp3) is 0.389. The first-order valence-corrected chi connectivity index (χ1v) is 8.60. The van der Waals surface area contributed by atoms with Crippen molar-refractivity contribution in [3.05, 3.63) is 56.5 Å². The number of aromatic amines is 1. The topological polar surface area (TPSA) is 101 Å². The van der Waals surface area contributed by atoms with Crippen LogP contribution in [0.2, 0.25) is 0 Å². The second-order valence-electron chi connectivity index (χ2n) is 5.96. The molecule has 0 radical (unpaired) electrons. The van der Waals surface area contributed by atoms with Gasteiger partial charge in [0.1, 0.15) is 11.6 Å². The highest BCUT2D eigenvalue weighted by atomic mass is 19.1. The maximum Gasteiger partial charge on any atom is 0.330 e. The molecule has 1 amide bonds. The lowest BCUT2D eigenvalue weighted by Crippen LogP contribution is -2.41. The second-order valence-corrected chi connectivity index (χ2v) is 5.96. The van der Waals surface area contributed by atoms with Crippen molar-refractivity contribution in [2.24, 2.45) is 0 Å². The van der Waals surface area contributed by atoms with Gasteiger partial charge in [0.2, 0.25) is 0 Å². The number of halogens is 1. The van der Waals surface area contributed by atoms with Gasteiger partial charge >= 0.3 is 5.69 Å². The first-order chi connectivity index (χ1) is 12.4. The second kappa shape index (κ2) is 8.46. The molecule has 0 aliphatic rings. The summed E-state index contributed by atoms with van der Waals surface area (Å²) in [6, 6.07) is 5.04. The molecule has 2 rings (SSSR count). The zero-order valence-electron chi connectivity index (χ0n) is 14.9. The molecule has 7 nitrogen and oxygen atoms in total. The molecule has 0 saturated carbocycles. The lowest BCUT2D eigenvalue weighted by molar-refractivity contribution is 0.0986. The van der Waals surface area contributed by atoms with E-state index in [9.17, 15) is 18.8 Å². The number of nitrogens with two attached hydrogens (primary N) is 1. The molecule has 0 aliphatic heterocycles. The Kier molecular flexibility index (Phi) is 6.32. The van der Waals surface area contributed by atoms with Gasteiger partial charge in [-0.3, -0.25) is 19.1 Å². The highest BCUT2D eigenvalue weighted by molar-refractivity contribution is 6.07. The molecule has 8 heteroatoms. The van der Waals surface area contributed by atoms with E-state index in [1.165, 1.54) is 33.7 Å². The van der Waals surface area contributed by atoms with Gasteiger partial charge in [-0.2, -0.15) is 0 Å². The zero-order valence-corrected chi connectivity index (χ0v) is 14.9. The lowest BCUT2D eigenvalue weighted by Gasteiger charge is -2.24. The van der Waals surface area contributed by atoms with Crippen LogP contribution in [-0.4, -0.2) is 22.0 Å². The van der Waals surface area contributed by atoms with E-state index in [2.05, 4.69) is 4.98 Å². The van der Waals surface area contributed by atoms with Gasteiger partial charge in [0.25, 0.3) is 11.5 Å². The average molecular weight is 362 g/mol. The van der Waals surface area contributed by atoms with Crippen molar-refractivity contribution in [1.82, 2.24) is 9.55 Å². The zero-order chi connectivity index (χ0) is 19.3. The number of nitrogen functional groups attached to an aromatic ring is 1. The summed E-state index contributed by atoms with van der Waals surface area (Å²) in [7, 11) is 0. The molecule has 1 aromatic heterocycles. The Bertz CT molecular complexity index is 887. The minimum atomic E-state index is -0.718. The minimum absolute atomic E-state index is 0.0453. The van der Waals surface area contributed by atoms with Crippen molar-refractivity contribution < 1.29 is 9.18 Å². The average Bonchev–Trinajstić information content (AvgIpc) is 2.60. The first kappa shape index (κ1) is 19.4. The van der Waals surface area contributed by atoms with Crippen LogP contribution < -0.4 is 21.9 Å². The quantitative estimate of drug-likeness (QED) is 0.788. The number of carbonyl (C=O) groups excluding carboxylic acids is 1. The van der Waals surface area contributed by atoms with E-state index in [0.717, 1.165) is 6.42 Å². The molecule has 1 aromatic carbocycles. The molecular weight excluding hydrogens is 339 g/mol. The van der Waals surface area contributed by atoms with E-state index < -0.39 is 23.0 Å². The Morgan fingerprint density at radius 3 is 2.42 bits per heavy atom. The van der Waals surface area contributed by atoms with Crippen LogP contribution in [0.1, 0.15) is 43.5 Å². The largest absolute Gasteiger partial charge is 0.383 e. The van der Waals surface area contributed by atoms with Crippen LogP contribution in [0.3, 0.4) is 0 Å². The number of amides is 1. The molecule has 0 spiro atoms. The molecule has 0 aliphatic carbocycles. The summed E-state index contributed by atoms with van der Waals surface area (Å²) in [5.41, 5.74) is 4.93. The third-order valence-corrected chi connectivity index (χ3v) is 4.00. The number of nitrogens with zero attached hydrogens (tertiary/aromatic N) is 2. The Balaban J connectivity index is 2.56. The Hall–Kier alpha value is -2.90. The van der Waals surface area contributed by atoms with Crippen molar-refractivity contribution in [2.45, 2.75) is 39.7 Å². The summed E-state index contributed by atoms with van der Waals surface area (Å²) in [5, 5.41) is 0. The van der Waals surface area contributed by atoms with Crippen LogP contribution in [0.25, 0.3) is 0 Å². The summed E-state index contributed by atoms with van der Waals surface area (Å²) in [6.45, 7) is 4.39. The van der Waals surface area contributed by atoms with Crippen LogP contribution >= 0.6 is 0 Å². The number of H-pyrrole nitrogens is 1. The number of unbranched alkanes of at least 4 members (excludes halogenated alkanes) is 1. The van der Waals surface area contributed by atoms with E-state index in [1.807, 2.05) is 13.8 Å². The van der Waals surface area contributed by atoms with Gasteiger partial charge < -0.3 is 10.6 Å². The number of aromatic nitrogens is 2. The number of anilines is 2. The van der Waals surface area contributed by atoms with E-state index in [1.54, 1.807) is 0 Å². The standard InChI is InChI=1S/C18H23FN4O3/c1-3-5-11-23-15(20)14(16(24)21-18(23)26)22(10-4-2)17(25)12-6-8-13(19)9-7-12/h6-9H,3-5,10-11,20H2,1-2H3,(H,21,24,26). The fourth-order valence-electron chi connectivity index (χ4n) is 2.66. The fourth-order valence-corrected chi connectivity index (χ4v) is 2.66. The Labute approximate surface area is 150 Å². The Morgan fingerprint density at radius 1 is 1.19 bits per heavy atom. The van der Waals surface area contributed by atoms with E-state index in [0.29, 0.717) is 19.4 Å². The monoisotopic (exact) mass is 362 g/mol. The van der Waals surface area contributed by atoms with Crippen LogP contribution in [0.4, 0.5) is 15.9 Å². The number of rotatable bonds is 7. The van der Waals surface area contributed by atoms with Crippen molar-refractivity contribution in [3.8, 4) is 0 Å². The SMILES string of the molecule is CCCCn1c(N)c(N(CCC)C(=O)c2ccc(F)cc2)c(=O)[nH]c1=O. The molecule has 0 atom stereocenters. The van der Waals surface area contributed by atoms with Crippen LogP contribution in [-0.2, 0) is 6.54 Å². The summed E-state index contributed by atoms with van der Waals surface area (Å²) in [6.07, 6.45) is 2.11.